The maximum Gasteiger partial charge on any atom is 0.343 e. The molecule has 0 aliphatic rings. The van der Waals surface area contributed by atoms with Crippen molar-refractivity contribution < 1.29 is 36.3 Å². The number of carbonyl (C=O) groups is 2. The molecule has 0 spiro atoms. The first kappa shape index (κ1) is 22.3. The molecule has 0 saturated heterocycles. The van der Waals surface area contributed by atoms with Crippen molar-refractivity contribution in [3.05, 3.63) is 64.5 Å². The molecule has 9 heteroatoms. The molecule has 0 aliphatic carbocycles. The number of hydrogen-bond donors (Lipinski definition) is 1. The fourth-order valence-electron chi connectivity index (χ4n) is 2.47. The molecule has 0 aromatic heterocycles. The van der Waals surface area contributed by atoms with Crippen LogP contribution in [0.3, 0.4) is 0 Å². The van der Waals surface area contributed by atoms with Crippen LogP contribution in [0.5, 0.6) is 5.75 Å². The van der Waals surface area contributed by atoms with Gasteiger partial charge in [-0.25, -0.2) is 18.0 Å². The van der Waals surface area contributed by atoms with Gasteiger partial charge in [-0.15, -0.1) is 0 Å². The predicted molar refractivity (Wildman–Crippen MR) is 94.1 cm³/mol. The normalized spacial score (nSPS) is 10.7. The summed E-state index contributed by atoms with van der Waals surface area (Å²) >= 11 is 0. The number of unbranched alkanes of at least 4 members (excludes halogenated alkanes) is 3. The zero-order valence-corrected chi connectivity index (χ0v) is 15.5. The average molecular weight is 415 g/mol. The van der Waals surface area contributed by atoms with Crippen LogP contribution >= 0.6 is 0 Å². The highest BCUT2D eigenvalue weighted by atomic mass is 19.2. The molecule has 0 bridgehead atoms. The summed E-state index contributed by atoms with van der Waals surface area (Å²) in [6.45, 7) is 2.48. The van der Waals surface area contributed by atoms with Gasteiger partial charge in [0.2, 0.25) is 34.8 Å². The van der Waals surface area contributed by atoms with Gasteiger partial charge in [0, 0.05) is 12.1 Å². The highest BCUT2D eigenvalue weighted by Gasteiger charge is 2.29. The van der Waals surface area contributed by atoms with Crippen LogP contribution in [0.2, 0.25) is 0 Å². The summed E-state index contributed by atoms with van der Waals surface area (Å²) in [5.74, 6) is -14.9. The largest absolute Gasteiger partial charge is 0.416 e. The Morgan fingerprint density at radius 3 is 2.07 bits per heavy atom. The lowest BCUT2D eigenvalue weighted by Crippen LogP contribution is -2.24. The number of benzene rings is 2. The van der Waals surface area contributed by atoms with Crippen molar-refractivity contribution in [1.82, 2.24) is 5.32 Å². The van der Waals surface area contributed by atoms with Gasteiger partial charge in [-0.2, -0.15) is 8.78 Å². The molecule has 156 valence electrons. The Labute approximate surface area is 163 Å². The summed E-state index contributed by atoms with van der Waals surface area (Å²) in [5, 5.41) is 2.66. The number of ether oxygens (including phenoxy) is 1. The molecule has 0 aliphatic heterocycles. The number of rotatable bonds is 8. The van der Waals surface area contributed by atoms with E-state index in [-0.39, 0.29) is 11.1 Å². The maximum absolute atomic E-state index is 13.7. The summed E-state index contributed by atoms with van der Waals surface area (Å²) in [5.41, 5.74) is -0.222. The van der Waals surface area contributed by atoms with Crippen molar-refractivity contribution in [3.8, 4) is 5.75 Å². The molecule has 2 aromatic rings. The molecular weight excluding hydrogens is 397 g/mol. The van der Waals surface area contributed by atoms with E-state index < -0.39 is 46.7 Å². The molecule has 1 amide bonds. The van der Waals surface area contributed by atoms with Gasteiger partial charge in [0.1, 0.15) is 0 Å². The number of halogens is 5. The van der Waals surface area contributed by atoms with E-state index in [0.29, 0.717) is 6.54 Å². The van der Waals surface area contributed by atoms with E-state index in [1.165, 1.54) is 18.2 Å². The third-order valence-corrected chi connectivity index (χ3v) is 4.04. The van der Waals surface area contributed by atoms with Crippen LogP contribution in [-0.2, 0) is 0 Å². The zero-order valence-electron chi connectivity index (χ0n) is 15.5. The Balaban J connectivity index is 2.13. The van der Waals surface area contributed by atoms with Gasteiger partial charge in [0.15, 0.2) is 0 Å². The molecule has 0 heterocycles. The summed E-state index contributed by atoms with van der Waals surface area (Å²) in [7, 11) is 0. The molecule has 0 fully saturated rings. The Kier molecular flexibility index (Phi) is 7.69. The van der Waals surface area contributed by atoms with Crippen molar-refractivity contribution in [1.29, 1.82) is 0 Å². The van der Waals surface area contributed by atoms with Crippen LogP contribution in [0.25, 0.3) is 0 Å². The first-order valence-corrected chi connectivity index (χ1v) is 8.89. The number of hydrogen-bond acceptors (Lipinski definition) is 3. The van der Waals surface area contributed by atoms with E-state index in [1.54, 1.807) is 0 Å². The first-order valence-electron chi connectivity index (χ1n) is 8.89. The van der Waals surface area contributed by atoms with E-state index >= 15 is 0 Å². The van der Waals surface area contributed by atoms with Crippen LogP contribution in [-0.4, -0.2) is 18.4 Å². The zero-order chi connectivity index (χ0) is 21.6. The summed E-state index contributed by atoms with van der Waals surface area (Å²) in [4.78, 5) is 24.2. The highest BCUT2D eigenvalue weighted by Crippen LogP contribution is 2.29. The SMILES string of the molecule is CCCCCCNC(=O)c1cccc(C(=O)Oc2c(F)c(F)c(F)c(F)c2F)c1. The van der Waals surface area contributed by atoms with Crippen molar-refractivity contribution in [2.75, 3.05) is 6.54 Å². The monoisotopic (exact) mass is 415 g/mol. The van der Waals surface area contributed by atoms with E-state index in [9.17, 15) is 31.5 Å². The van der Waals surface area contributed by atoms with E-state index in [0.717, 1.165) is 31.7 Å². The van der Waals surface area contributed by atoms with Crippen molar-refractivity contribution in [2.24, 2.45) is 0 Å². The topological polar surface area (TPSA) is 55.4 Å². The third-order valence-electron chi connectivity index (χ3n) is 4.04. The van der Waals surface area contributed by atoms with Crippen LogP contribution in [0.15, 0.2) is 24.3 Å². The standard InChI is InChI=1S/C20H18F5NO3/c1-2-3-4-5-9-26-19(27)11-7-6-8-12(10-11)20(28)29-18-16(24)14(22)13(21)15(23)17(18)25/h6-8,10H,2-5,9H2,1H3,(H,26,27). The van der Waals surface area contributed by atoms with Crippen LogP contribution in [0.1, 0.15) is 53.3 Å². The second kappa shape index (κ2) is 9.99. The smallest absolute Gasteiger partial charge is 0.343 e. The summed E-state index contributed by atoms with van der Waals surface area (Å²) < 4.78 is 71.2. The molecule has 0 unspecified atom stereocenters. The van der Waals surface area contributed by atoms with E-state index in [2.05, 4.69) is 17.0 Å². The van der Waals surface area contributed by atoms with Gasteiger partial charge >= 0.3 is 5.97 Å². The van der Waals surface area contributed by atoms with E-state index in [1.807, 2.05) is 0 Å². The van der Waals surface area contributed by atoms with Gasteiger partial charge in [-0.05, 0) is 24.6 Å². The highest BCUT2D eigenvalue weighted by molar-refractivity contribution is 5.98. The molecule has 0 radical (unpaired) electrons. The third kappa shape index (κ3) is 5.30. The maximum atomic E-state index is 13.7. The molecule has 2 aromatic carbocycles. The van der Waals surface area contributed by atoms with Crippen molar-refractivity contribution in [3.63, 3.8) is 0 Å². The first-order chi connectivity index (χ1) is 13.8. The molecule has 1 N–H and O–H groups in total. The molecule has 29 heavy (non-hydrogen) atoms. The fraction of sp³-hybridized carbons (Fsp3) is 0.300. The van der Waals surface area contributed by atoms with Gasteiger partial charge in [-0.1, -0.05) is 32.3 Å². The Bertz CT molecular complexity index is 888. The molecular formula is C20H18F5NO3. The summed E-state index contributed by atoms with van der Waals surface area (Å²) in [6.07, 6.45) is 3.81. The lowest BCUT2D eigenvalue weighted by Gasteiger charge is -2.10. The number of carbonyl (C=O) groups excluding carboxylic acids is 2. The second-order valence-corrected chi connectivity index (χ2v) is 6.19. The molecule has 0 saturated carbocycles. The fourth-order valence-corrected chi connectivity index (χ4v) is 2.47. The van der Waals surface area contributed by atoms with Crippen molar-refractivity contribution >= 4 is 11.9 Å². The average Bonchev–Trinajstić information content (AvgIpc) is 2.73. The number of nitrogens with one attached hydrogen (secondary N) is 1. The summed E-state index contributed by atoms with van der Waals surface area (Å²) in [6, 6.07) is 4.99. The second-order valence-electron chi connectivity index (χ2n) is 6.19. The predicted octanol–water partition coefficient (Wildman–Crippen LogP) is 4.91. The van der Waals surface area contributed by atoms with Crippen LogP contribution in [0, 0.1) is 29.1 Å². The lowest BCUT2D eigenvalue weighted by molar-refractivity contribution is 0.0716. The Morgan fingerprint density at radius 1 is 0.862 bits per heavy atom. The number of esters is 1. The lowest BCUT2D eigenvalue weighted by atomic mass is 10.1. The van der Waals surface area contributed by atoms with Gasteiger partial charge in [0.25, 0.3) is 5.91 Å². The van der Waals surface area contributed by atoms with Gasteiger partial charge in [-0.3, -0.25) is 4.79 Å². The minimum absolute atomic E-state index is 0.0763. The molecule has 0 atom stereocenters. The molecule has 2 rings (SSSR count). The van der Waals surface area contributed by atoms with Crippen molar-refractivity contribution in [2.45, 2.75) is 32.6 Å². The van der Waals surface area contributed by atoms with Gasteiger partial charge < -0.3 is 10.1 Å². The number of amides is 1. The minimum Gasteiger partial charge on any atom is -0.416 e. The Hall–Kier alpha value is -2.97. The van der Waals surface area contributed by atoms with Crippen LogP contribution in [0.4, 0.5) is 22.0 Å². The molecule has 4 nitrogen and oxygen atoms in total. The van der Waals surface area contributed by atoms with E-state index in [4.69, 9.17) is 0 Å². The van der Waals surface area contributed by atoms with Crippen LogP contribution < -0.4 is 10.1 Å². The Morgan fingerprint density at radius 2 is 1.45 bits per heavy atom. The quantitative estimate of drug-likeness (QED) is 0.166. The van der Waals surface area contributed by atoms with Gasteiger partial charge in [0.05, 0.1) is 5.56 Å². The minimum atomic E-state index is -2.36.